The lowest BCUT2D eigenvalue weighted by atomic mass is 10.1. The van der Waals surface area contributed by atoms with Gasteiger partial charge < -0.3 is 5.11 Å². The van der Waals surface area contributed by atoms with Crippen molar-refractivity contribution in [1.29, 1.82) is 0 Å². The van der Waals surface area contributed by atoms with Crippen LogP contribution >= 0.6 is 11.3 Å². The first-order valence-electron chi connectivity index (χ1n) is 6.06. The molecule has 100 valence electrons. The van der Waals surface area contributed by atoms with Crippen LogP contribution in [0.2, 0.25) is 0 Å². The van der Waals surface area contributed by atoms with Gasteiger partial charge in [-0.05, 0) is 17.7 Å². The quantitative estimate of drug-likeness (QED) is 0.801. The van der Waals surface area contributed by atoms with Crippen molar-refractivity contribution < 1.29 is 9.50 Å². The number of aliphatic hydroxyl groups is 1. The topological polar surface area (TPSA) is 46.0 Å². The van der Waals surface area contributed by atoms with Gasteiger partial charge in [-0.2, -0.15) is 0 Å². The van der Waals surface area contributed by atoms with Crippen molar-refractivity contribution in [1.82, 2.24) is 10.2 Å². The van der Waals surface area contributed by atoms with Crippen LogP contribution in [0.1, 0.15) is 5.56 Å². The van der Waals surface area contributed by atoms with Gasteiger partial charge in [-0.1, -0.05) is 47.7 Å². The molecule has 0 aliphatic heterocycles. The van der Waals surface area contributed by atoms with Crippen molar-refractivity contribution in [2.75, 3.05) is 0 Å². The highest BCUT2D eigenvalue weighted by molar-refractivity contribution is 7.17. The monoisotopic (exact) mass is 286 g/mol. The number of halogens is 1. The average molecular weight is 286 g/mol. The smallest absolute Gasteiger partial charge is 0.148 e. The van der Waals surface area contributed by atoms with Crippen LogP contribution < -0.4 is 0 Å². The van der Waals surface area contributed by atoms with Gasteiger partial charge in [0, 0.05) is 11.1 Å². The van der Waals surface area contributed by atoms with Gasteiger partial charge in [-0.25, -0.2) is 4.39 Å². The zero-order chi connectivity index (χ0) is 13.9. The van der Waals surface area contributed by atoms with Crippen LogP contribution in [-0.4, -0.2) is 15.3 Å². The maximum absolute atomic E-state index is 13.2. The largest absolute Gasteiger partial charge is 0.392 e. The van der Waals surface area contributed by atoms with Crippen molar-refractivity contribution in [3.63, 3.8) is 0 Å². The van der Waals surface area contributed by atoms with Crippen molar-refractivity contribution >= 4 is 11.3 Å². The average Bonchev–Trinajstić information content (AvgIpc) is 2.97. The summed E-state index contributed by atoms with van der Waals surface area (Å²) >= 11 is 1.41. The van der Waals surface area contributed by atoms with Crippen molar-refractivity contribution in [3.05, 3.63) is 59.9 Å². The number of aliphatic hydroxyl groups excluding tert-OH is 1. The van der Waals surface area contributed by atoms with E-state index in [1.54, 1.807) is 6.07 Å². The Bertz CT molecular complexity index is 725. The summed E-state index contributed by atoms with van der Waals surface area (Å²) in [7, 11) is 0. The molecule has 0 amide bonds. The Kier molecular flexibility index (Phi) is 3.54. The molecular formula is C15H11FN2OS. The second-order valence-electron chi connectivity index (χ2n) is 4.28. The predicted octanol–water partition coefficient (Wildman–Crippen LogP) is 3.50. The molecule has 0 fully saturated rings. The summed E-state index contributed by atoms with van der Waals surface area (Å²) in [5, 5.41) is 18.7. The molecular weight excluding hydrogens is 275 g/mol. The minimum absolute atomic E-state index is 0.0188. The highest BCUT2D eigenvalue weighted by atomic mass is 32.1. The maximum Gasteiger partial charge on any atom is 0.148 e. The summed E-state index contributed by atoms with van der Waals surface area (Å²) in [5.41, 5.74) is 2.51. The minimum Gasteiger partial charge on any atom is -0.392 e. The molecule has 5 heteroatoms. The molecule has 20 heavy (non-hydrogen) atoms. The summed E-state index contributed by atoms with van der Waals surface area (Å²) < 4.78 is 13.2. The van der Waals surface area contributed by atoms with E-state index in [1.165, 1.54) is 23.5 Å². The molecule has 0 saturated carbocycles. The zero-order valence-electron chi connectivity index (χ0n) is 10.5. The molecule has 0 aliphatic carbocycles. The van der Waals surface area contributed by atoms with Crippen molar-refractivity contribution in [3.8, 4) is 21.1 Å². The van der Waals surface area contributed by atoms with Crippen LogP contribution in [-0.2, 0) is 6.61 Å². The Labute approximate surface area is 119 Å². The maximum atomic E-state index is 13.2. The summed E-state index contributed by atoms with van der Waals surface area (Å²) in [4.78, 5) is 0. The molecule has 1 heterocycles. The van der Waals surface area contributed by atoms with Gasteiger partial charge in [0.1, 0.15) is 15.8 Å². The van der Waals surface area contributed by atoms with E-state index in [4.69, 9.17) is 5.11 Å². The Hall–Kier alpha value is -2.11. The minimum atomic E-state index is -0.286. The number of hydrogen-bond acceptors (Lipinski definition) is 4. The first kappa shape index (κ1) is 12.9. The summed E-state index contributed by atoms with van der Waals surface area (Å²) in [5.74, 6) is -0.286. The summed E-state index contributed by atoms with van der Waals surface area (Å²) in [6.07, 6.45) is 0. The fraction of sp³-hybridized carbons (Fsp3) is 0.0667. The third-order valence-electron chi connectivity index (χ3n) is 2.88. The number of hydrogen-bond donors (Lipinski definition) is 1. The molecule has 0 aliphatic rings. The molecule has 3 aromatic rings. The van der Waals surface area contributed by atoms with Gasteiger partial charge in [0.2, 0.25) is 0 Å². The van der Waals surface area contributed by atoms with Gasteiger partial charge >= 0.3 is 0 Å². The molecule has 3 nitrogen and oxygen atoms in total. The lowest BCUT2D eigenvalue weighted by Gasteiger charge is -1.97. The summed E-state index contributed by atoms with van der Waals surface area (Å²) in [6, 6.07) is 13.8. The fourth-order valence-corrected chi connectivity index (χ4v) is 2.68. The van der Waals surface area contributed by atoms with Crippen LogP contribution in [0.3, 0.4) is 0 Å². The zero-order valence-corrected chi connectivity index (χ0v) is 11.3. The van der Waals surface area contributed by atoms with Crippen LogP contribution in [0.5, 0.6) is 0 Å². The predicted molar refractivity (Wildman–Crippen MR) is 76.7 cm³/mol. The molecule has 0 radical (unpaired) electrons. The SMILES string of the molecule is OCc1ccc(-c2nnc(-c3cccc(F)c3)s2)cc1. The molecule has 1 N–H and O–H groups in total. The van der Waals surface area contributed by atoms with E-state index in [2.05, 4.69) is 10.2 Å². The molecule has 1 aromatic heterocycles. The van der Waals surface area contributed by atoms with Crippen LogP contribution in [0.25, 0.3) is 21.1 Å². The standard InChI is InChI=1S/C15H11FN2OS/c16-13-3-1-2-12(8-13)15-18-17-14(20-15)11-6-4-10(9-19)5-7-11/h1-8,19H,9H2. The highest BCUT2D eigenvalue weighted by Crippen LogP contribution is 2.30. The van der Waals surface area contributed by atoms with E-state index >= 15 is 0 Å². The molecule has 0 bridgehead atoms. The van der Waals surface area contributed by atoms with Gasteiger partial charge in [0.15, 0.2) is 0 Å². The van der Waals surface area contributed by atoms with Crippen LogP contribution in [0.15, 0.2) is 48.5 Å². The Balaban J connectivity index is 1.93. The van der Waals surface area contributed by atoms with E-state index in [9.17, 15) is 4.39 Å². The first-order valence-corrected chi connectivity index (χ1v) is 6.87. The summed E-state index contributed by atoms with van der Waals surface area (Å²) in [6.45, 7) is 0.0188. The van der Waals surface area contributed by atoms with Gasteiger partial charge in [0.05, 0.1) is 6.61 Å². The lowest BCUT2D eigenvalue weighted by molar-refractivity contribution is 0.282. The fourth-order valence-electron chi connectivity index (χ4n) is 1.83. The number of aromatic nitrogens is 2. The second-order valence-corrected chi connectivity index (χ2v) is 5.26. The third-order valence-corrected chi connectivity index (χ3v) is 3.90. The van der Waals surface area contributed by atoms with Gasteiger partial charge in [0.25, 0.3) is 0 Å². The normalized spacial score (nSPS) is 10.7. The molecule has 2 aromatic carbocycles. The van der Waals surface area contributed by atoms with Crippen LogP contribution in [0, 0.1) is 5.82 Å². The third kappa shape index (κ3) is 2.59. The Morgan fingerprint density at radius 2 is 1.65 bits per heavy atom. The highest BCUT2D eigenvalue weighted by Gasteiger charge is 2.09. The van der Waals surface area contributed by atoms with E-state index in [1.807, 2.05) is 30.3 Å². The lowest BCUT2D eigenvalue weighted by Crippen LogP contribution is -1.82. The molecule has 3 rings (SSSR count). The second kappa shape index (κ2) is 5.48. The van der Waals surface area contributed by atoms with Crippen LogP contribution in [0.4, 0.5) is 4.39 Å². The van der Waals surface area contributed by atoms with E-state index < -0.39 is 0 Å². The molecule has 0 saturated heterocycles. The van der Waals surface area contributed by atoms with Gasteiger partial charge in [-0.15, -0.1) is 10.2 Å². The first-order chi connectivity index (χ1) is 9.76. The van der Waals surface area contributed by atoms with E-state index in [-0.39, 0.29) is 12.4 Å². The van der Waals surface area contributed by atoms with E-state index in [0.29, 0.717) is 5.01 Å². The van der Waals surface area contributed by atoms with Gasteiger partial charge in [-0.3, -0.25) is 0 Å². The number of rotatable bonds is 3. The van der Waals surface area contributed by atoms with E-state index in [0.717, 1.165) is 21.7 Å². The number of benzene rings is 2. The number of nitrogens with zero attached hydrogens (tertiary/aromatic N) is 2. The molecule has 0 spiro atoms. The van der Waals surface area contributed by atoms with Crippen molar-refractivity contribution in [2.24, 2.45) is 0 Å². The van der Waals surface area contributed by atoms with Crippen molar-refractivity contribution in [2.45, 2.75) is 6.61 Å². The molecule has 0 unspecified atom stereocenters. The molecule has 0 atom stereocenters. The Morgan fingerprint density at radius 1 is 0.950 bits per heavy atom. The Morgan fingerprint density at radius 3 is 2.30 bits per heavy atom.